The van der Waals surface area contributed by atoms with E-state index in [2.05, 4.69) is 17.0 Å². The van der Waals surface area contributed by atoms with Gasteiger partial charge in [0.2, 0.25) is 0 Å². The third-order valence-corrected chi connectivity index (χ3v) is 6.50. The molecular weight excluding hydrogens is 456 g/mol. The van der Waals surface area contributed by atoms with Crippen LogP contribution in [0, 0.1) is 13.8 Å². The third kappa shape index (κ3) is 4.52. The van der Waals surface area contributed by atoms with Gasteiger partial charge < -0.3 is 19.5 Å². The van der Waals surface area contributed by atoms with Gasteiger partial charge in [-0.15, -0.1) is 0 Å². The van der Waals surface area contributed by atoms with Crippen LogP contribution < -0.4 is 14.4 Å². The first-order valence-corrected chi connectivity index (χ1v) is 11.9. The van der Waals surface area contributed by atoms with Gasteiger partial charge in [-0.3, -0.25) is 14.2 Å². The number of hydrogen-bond acceptors (Lipinski definition) is 5. The Kier molecular flexibility index (Phi) is 6.14. The van der Waals surface area contributed by atoms with Gasteiger partial charge in [0.15, 0.2) is 0 Å². The Morgan fingerprint density at radius 2 is 1.83 bits per heavy atom. The summed E-state index contributed by atoms with van der Waals surface area (Å²) in [5, 5.41) is 9.99. The number of carboxylic acid groups (broad SMARTS) is 1. The number of aliphatic carboxylic acids is 1. The fraction of sp³-hybridized carbons (Fsp3) is 0.241. The highest BCUT2D eigenvalue weighted by Gasteiger charge is 2.24. The SMILES string of the molecule is Cc1ccc2c(c1)OC(COc1ccc(C(=O)n3c(C)cc4c(CC(=O)O)cccc43)cc1)CN2C. The molecule has 0 spiro atoms. The van der Waals surface area contributed by atoms with Crippen LogP contribution >= 0.6 is 0 Å². The van der Waals surface area contributed by atoms with Gasteiger partial charge in [0.05, 0.1) is 24.2 Å². The molecule has 0 fully saturated rings. The average Bonchev–Trinajstić information content (AvgIpc) is 3.19. The number of aryl methyl sites for hydroxylation is 2. The fourth-order valence-electron chi connectivity index (χ4n) is 4.76. The molecule has 0 aliphatic carbocycles. The van der Waals surface area contributed by atoms with Gasteiger partial charge in [-0.05, 0) is 73.5 Å². The van der Waals surface area contributed by atoms with E-state index in [4.69, 9.17) is 9.47 Å². The minimum atomic E-state index is -0.903. The maximum atomic E-state index is 13.4. The molecule has 0 radical (unpaired) electrons. The number of aromatic nitrogens is 1. The predicted octanol–water partition coefficient (Wildman–Crippen LogP) is 4.85. The summed E-state index contributed by atoms with van der Waals surface area (Å²) >= 11 is 0. The van der Waals surface area contributed by atoms with Crippen LogP contribution in [-0.4, -0.2) is 47.9 Å². The van der Waals surface area contributed by atoms with Crippen molar-refractivity contribution in [1.82, 2.24) is 4.57 Å². The number of nitrogens with zero attached hydrogens (tertiary/aromatic N) is 2. The Morgan fingerprint density at radius 1 is 1.06 bits per heavy atom. The van der Waals surface area contributed by atoms with Crippen molar-refractivity contribution >= 4 is 28.5 Å². The van der Waals surface area contributed by atoms with Crippen molar-refractivity contribution in [3.05, 3.63) is 89.1 Å². The van der Waals surface area contributed by atoms with Crippen LogP contribution in [-0.2, 0) is 11.2 Å². The smallest absolute Gasteiger partial charge is 0.307 e. The van der Waals surface area contributed by atoms with Crippen LogP contribution in [0.2, 0.25) is 0 Å². The molecule has 0 saturated heterocycles. The van der Waals surface area contributed by atoms with E-state index in [1.54, 1.807) is 41.0 Å². The molecule has 5 rings (SSSR count). The summed E-state index contributed by atoms with van der Waals surface area (Å²) in [6.45, 7) is 5.00. The number of likely N-dealkylation sites (N-methyl/N-ethyl adjacent to an activating group) is 1. The van der Waals surface area contributed by atoms with Crippen molar-refractivity contribution in [1.29, 1.82) is 0 Å². The molecule has 1 atom stereocenters. The molecule has 7 heteroatoms. The summed E-state index contributed by atoms with van der Waals surface area (Å²) in [7, 11) is 2.04. The fourth-order valence-corrected chi connectivity index (χ4v) is 4.76. The highest BCUT2D eigenvalue weighted by Crippen LogP contribution is 2.33. The van der Waals surface area contributed by atoms with Crippen molar-refractivity contribution in [2.75, 3.05) is 25.1 Å². The second kappa shape index (κ2) is 9.41. The lowest BCUT2D eigenvalue weighted by atomic mass is 10.1. The van der Waals surface area contributed by atoms with Crippen molar-refractivity contribution < 1.29 is 24.2 Å². The van der Waals surface area contributed by atoms with Crippen molar-refractivity contribution in [3.8, 4) is 11.5 Å². The van der Waals surface area contributed by atoms with Crippen LogP contribution in [0.15, 0.2) is 66.7 Å². The number of hydrogen-bond donors (Lipinski definition) is 1. The Balaban J connectivity index is 1.29. The summed E-state index contributed by atoms with van der Waals surface area (Å²) in [6.07, 6.45) is -0.202. The Bertz CT molecular complexity index is 1450. The normalized spacial score (nSPS) is 14.9. The molecule has 36 heavy (non-hydrogen) atoms. The Hall–Kier alpha value is -4.26. The van der Waals surface area contributed by atoms with Gasteiger partial charge in [-0.25, -0.2) is 0 Å². The highest BCUT2D eigenvalue weighted by atomic mass is 16.5. The van der Waals surface area contributed by atoms with E-state index in [-0.39, 0.29) is 18.4 Å². The molecule has 1 N–H and O–H groups in total. The van der Waals surface area contributed by atoms with Crippen LogP contribution in [0.1, 0.15) is 27.2 Å². The van der Waals surface area contributed by atoms with E-state index in [0.717, 1.165) is 34.6 Å². The molecule has 184 valence electrons. The molecular formula is C29H28N2O5. The first-order valence-electron chi connectivity index (χ1n) is 11.9. The first-order chi connectivity index (χ1) is 17.3. The number of anilines is 1. The van der Waals surface area contributed by atoms with Crippen molar-refractivity contribution in [3.63, 3.8) is 0 Å². The van der Waals surface area contributed by atoms with Crippen LogP contribution in [0.5, 0.6) is 11.5 Å². The second-order valence-electron chi connectivity index (χ2n) is 9.27. The summed E-state index contributed by atoms with van der Waals surface area (Å²) < 4.78 is 13.8. The molecule has 2 heterocycles. The number of rotatable bonds is 6. The molecule has 1 unspecified atom stereocenters. The number of fused-ring (bicyclic) bond motifs is 2. The van der Waals surface area contributed by atoms with Crippen molar-refractivity contribution in [2.24, 2.45) is 0 Å². The molecule has 4 aromatic rings. The van der Waals surface area contributed by atoms with Crippen LogP contribution in [0.3, 0.4) is 0 Å². The summed E-state index contributed by atoms with van der Waals surface area (Å²) in [4.78, 5) is 26.8. The number of carbonyl (C=O) groups excluding carboxylic acids is 1. The maximum absolute atomic E-state index is 13.4. The van der Waals surface area contributed by atoms with Gasteiger partial charge in [-0.1, -0.05) is 18.2 Å². The molecule has 0 amide bonds. The molecule has 7 nitrogen and oxygen atoms in total. The van der Waals surface area contributed by atoms with Crippen LogP contribution in [0.4, 0.5) is 5.69 Å². The van der Waals surface area contributed by atoms with E-state index < -0.39 is 5.97 Å². The third-order valence-electron chi connectivity index (χ3n) is 6.50. The average molecular weight is 485 g/mol. The maximum Gasteiger partial charge on any atom is 0.307 e. The van der Waals surface area contributed by atoms with Gasteiger partial charge in [0.1, 0.15) is 24.2 Å². The van der Waals surface area contributed by atoms with E-state index >= 15 is 0 Å². The molecule has 3 aromatic carbocycles. The zero-order chi connectivity index (χ0) is 25.4. The molecule has 0 bridgehead atoms. The monoisotopic (exact) mass is 484 g/mol. The van der Waals surface area contributed by atoms with Gasteiger partial charge in [0.25, 0.3) is 5.91 Å². The Labute approximate surface area is 209 Å². The first kappa shape index (κ1) is 23.5. The minimum Gasteiger partial charge on any atom is -0.490 e. The van der Waals surface area contributed by atoms with Gasteiger partial charge in [0, 0.05) is 23.7 Å². The number of carboxylic acids is 1. The van der Waals surface area contributed by atoms with E-state index in [9.17, 15) is 14.7 Å². The quantitative estimate of drug-likeness (QED) is 0.421. The number of ether oxygens (including phenoxy) is 2. The van der Waals surface area contributed by atoms with Crippen molar-refractivity contribution in [2.45, 2.75) is 26.4 Å². The summed E-state index contributed by atoms with van der Waals surface area (Å²) in [5.74, 6) is 0.440. The predicted molar refractivity (Wildman–Crippen MR) is 139 cm³/mol. The molecule has 1 aromatic heterocycles. The highest BCUT2D eigenvalue weighted by molar-refractivity contribution is 6.04. The lowest BCUT2D eigenvalue weighted by Gasteiger charge is -2.33. The summed E-state index contributed by atoms with van der Waals surface area (Å²) in [5.41, 5.74) is 4.87. The number of benzene rings is 3. The summed E-state index contributed by atoms with van der Waals surface area (Å²) in [6, 6.07) is 20.5. The zero-order valence-corrected chi connectivity index (χ0v) is 20.5. The largest absolute Gasteiger partial charge is 0.490 e. The van der Waals surface area contributed by atoms with E-state index in [1.807, 2.05) is 39.1 Å². The second-order valence-corrected chi connectivity index (χ2v) is 9.27. The van der Waals surface area contributed by atoms with E-state index in [1.165, 1.54) is 0 Å². The standard InChI is InChI=1S/C29H28N2O5/c1-18-7-12-26-27(13-18)36-23(16-30(26)3)17-35-22-10-8-20(9-11-22)29(34)31-19(2)14-24-21(15-28(32)33)5-4-6-25(24)31/h4-14,23H,15-17H2,1-3H3,(H,32,33). The minimum absolute atomic E-state index is 0.0906. The molecule has 1 aliphatic heterocycles. The topological polar surface area (TPSA) is 81.0 Å². The van der Waals surface area contributed by atoms with Gasteiger partial charge >= 0.3 is 5.97 Å². The zero-order valence-electron chi connectivity index (χ0n) is 20.5. The molecule has 0 saturated carbocycles. The van der Waals surface area contributed by atoms with Crippen LogP contribution in [0.25, 0.3) is 10.9 Å². The number of carbonyl (C=O) groups is 2. The lowest BCUT2D eigenvalue weighted by Crippen LogP contribution is -2.41. The molecule has 1 aliphatic rings. The van der Waals surface area contributed by atoms with E-state index in [0.29, 0.717) is 29.0 Å². The Morgan fingerprint density at radius 3 is 2.58 bits per heavy atom. The van der Waals surface area contributed by atoms with Gasteiger partial charge in [-0.2, -0.15) is 0 Å². The lowest BCUT2D eigenvalue weighted by molar-refractivity contribution is -0.136.